The Bertz CT molecular complexity index is 580. The maximum Gasteiger partial charge on any atom is 0.151 e. The quantitative estimate of drug-likeness (QED) is 0.779. The molecule has 0 aliphatic carbocycles. The molecule has 0 N–H and O–H groups in total. The fourth-order valence-electron chi connectivity index (χ4n) is 2.36. The van der Waals surface area contributed by atoms with Crippen LogP contribution in [0.5, 0.6) is 0 Å². The van der Waals surface area contributed by atoms with Crippen molar-refractivity contribution in [3.05, 3.63) is 84.1 Å². The first kappa shape index (κ1) is 14.8. The number of benzene rings is 2. The van der Waals surface area contributed by atoms with E-state index in [0.717, 1.165) is 11.1 Å². The van der Waals surface area contributed by atoms with Crippen LogP contribution in [-0.2, 0) is 27.4 Å². The summed E-state index contributed by atoms with van der Waals surface area (Å²) >= 11 is 0. The highest BCUT2D eigenvalue weighted by Gasteiger charge is 2.25. The Morgan fingerprint density at radius 2 is 1.45 bits per heavy atom. The normalized spacial score (nSPS) is 20.0. The summed E-state index contributed by atoms with van der Waals surface area (Å²) in [6.45, 7) is 1.68. The average Bonchev–Trinajstić information content (AvgIpc) is 3.02. The highest BCUT2D eigenvalue weighted by molar-refractivity contribution is 5.14. The predicted octanol–water partition coefficient (Wildman–Crippen LogP) is 3.70. The van der Waals surface area contributed by atoms with Crippen molar-refractivity contribution in [1.82, 2.24) is 0 Å². The molecule has 1 aliphatic rings. The first-order valence-corrected chi connectivity index (χ1v) is 7.51. The smallest absolute Gasteiger partial charge is 0.151 e. The monoisotopic (exact) mass is 296 g/mol. The lowest BCUT2D eigenvalue weighted by molar-refractivity contribution is -0.0488. The van der Waals surface area contributed by atoms with E-state index in [1.807, 2.05) is 42.5 Å². The molecule has 0 bridgehead atoms. The predicted molar refractivity (Wildman–Crippen MR) is 85.1 cm³/mol. The van der Waals surface area contributed by atoms with Crippen molar-refractivity contribution in [2.24, 2.45) is 0 Å². The zero-order valence-electron chi connectivity index (χ0n) is 12.4. The van der Waals surface area contributed by atoms with Crippen molar-refractivity contribution < 1.29 is 14.2 Å². The Morgan fingerprint density at radius 1 is 0.818 bits per heavy atom. The van der Waals surface area contributed by atoms with E-state index in [1.165, 1.54) is 0 Å². The molecule has 0 fully saturated rings. The van der Waals surface area contributed by atoms with Crippen molar-refractivity contribution in [2.45, 2.75) is 25.4 Å². The van der Waals surface area contributed by atoms with Gasteiger partial charge in [-0.25, -0.2) is 0 Å². The zero-order chi connectivity index (χ0) is 15.0. The fourth-order valence-corrected chi connectivity index (χ4v) is 2.36. The summed E-state index contributed by atoms with van der Waals surface area (Å²) in [7, 11) is 0. The third kappa shape index (κ3) is 4.20. The SMILES string of the molecule is C1=C[C@@H](OCc2ccccc2)[C@@H](COCc2ccccc2)O1. The fraction of sp³-hybridized carbons (Fsp3) is 0.263. The van der Waals surface area contributed by atoms with Crippen molar-refractivity contribution in [3.8, 4) is 0 Å². The lowest BCUT2D eigenvalue weighted by Gasteiger charge is -2.19. The Kier molecular flexibility index (Phi) is 5.24. The molecule has 3 rings (SSSR count). The minimum atomic E-state index is -0.0765. The first-order valence-electron chi connectivity index (χ1n) is 7.51. The van der Waals surface area contributed by atoms with Gasteiger partial charge in [0.05, 0.1) is 26.1 Å². The van der Waals surface area contributed by atoms with E-state index in [1.54, 1.807) is 6.26 Å². The summed E-state index contributed by atoms with van der Waals surface area (Å²) in [5, 5.41) is 0. The first-order chi connectivity index (χ1) is 10.9. The minimum absolute atomic E-state index is 0.0593. The summed E-state index contributed by atoms with van der Waals surface area (Å²) in [5.41, 5.74) is 2.32. The molecule has 3 nitrogen and oxygen atoms in total. The number of rotatable bonds is 7. The van der Waals surface area contributed by atoms with Crippen molar-refractivity contribution in [1.29, 1.82) is 0 Å². The molecular weight excluding hydrogens is 276 g/mol. The molecule has 0 unspecified atom stereocenters. The topological polar surface area (TPSA) is 27.7 Å². The van der Waals surface area contributed by atoms with Crippen LogP contribution in [0.1, 0.15) is 11.1 Å². The van der Waals surface area contributed by atoms with Gasteiger partial charge in [-0.2, -0.15) is 0 Å². The molecule has 0 aromatic heterocycles. The molecule has 2 atom stereocenters. The van der Waals surface area contributed by atoms with Crippen LogP contribution in [0.3, 0.4) is 0 Å². The maximum absolute atomic E-state index is 5.91. The zero-order valence-corrected chi connectivity index (χ0v) is 12.4. The van der Waals surface area contributed by atoms with Gasteiger partial charge in [-0.1, -0.05) is 60.7 Å². The number of ether oxygens (including phenoxy) is 3. The summed E-state index contributed by atoms with van der Waals surface area (Å²) in [5.74, 6) is 0. The molecule has 0 saturated heterocycles. The van der Waals surface area contributed by atoms with E-state index < -0.39 is 0 Å². The lowest BCUT2D eigenvalue weighted by atomic mass is 10.2. The highest BCUT2D eigenvalue weighted by Crippen LogP contribution is 2.17. The Morgan fingerprint density at radius 3 is 2.14 bits per heavy atom. The maximum atomic E-state index is 5.91. The molecule has 0 saturated carbocycles. The Labute approximate surface area is 131 Å². The second kappa shape index (κ2) is 7.78. The summed E-state index contributed by atoms with van der Waals surface area (Å²) < 4.78 is 17.2. The number of hydrogen-bond donors (Lipinski definition) is 0. The van der Waals surface area contributed by atoms with Gasteiger partial charge >= 0.3 is 0 Å². The standard InChI is InChI=1S/C19H20O3/c1-3-7-16(8-4-1)13-20-15-19-18(11-12-21-19)22-14-17-9-5-2-6-10-17/h1-12,18-19H,13-15H2/t18-,19-/m1/s1. The second-order valence-corrected chi connectivity index (χ2v) is 5.27. The van der Waals surface area contributed by atoms with Gasteiger partial charge in [0.2, 0.25) is 0 Å². The van der Waals surface area contributed by atoms with E-state index >= 15 is 0 Å². The Balaban J connectivity index is 1.43. The van der Waals surface area contributed by atoms with Crippen LogP contribution in [0.15, 0.2) is 73.0 Å². The van der Waals surface area contributed by atoms with Crippen molar-refractivity contribution >= 4 is 0 Å². The third-order valence-corrected chi connectivity index (χ3v) is 3.57. The van der Waals surface area contributed by atoms with E-state index in [-0.39, 0.29) is 12.2 Å². The molecule has 2 aromatic rings. The van der Waals surface area contributed by atoms with Gasteiger partial charge in [0, 0.05) is 0 Å². The molecule has 1 aliphatic heterocycles. The summed E-state index contributed by atoms with van der Waals surface area (Å²) in [4.78, 5) is 0. The molecule has 114 valence electrons. The van der Waals surface area contributed by atoms with Crippen molar-refractivity contribution in [3.63, 3.8) is 0 Å². The van der Waals surface area contributed by atoms with E-state index in [0.29, 0.717) is 19.8 Å². The Hall–Kier alpha value is -2.10. The van der Waals surface area contributed by atoms with Crippen LogP contribution in [0.4, 0.5) is 0 Å². The van der Waals surface area contributed by atoms with Crippen LogP contribution in [0.25, 0.3) is 0 Å². The molecule has 3 heteroatoms. The van der Waals surface area contributed by atoms with Gasteiger partial charge in [0.25, 0.3) is 0 Å². The highest BCUT2D eigenvalue weighted by atomic mass is 16.6. The van der Waals surface area contributed by atoms with Gasteiger partial charge < -0.3 is 14.2 Å². The molecule has 22 heavy (non-hydrogen) atoms. The van der Waals surface area contributed by atoms with Gasteiger partial charge in [-0.05, 0) is 17.2 Å². The van der Waals surface area contributed by atoms with Gasteiger partial charge in [0.1, 0.15) is 6.10 Å². The minimum Gasteiger partial charge on any atom is -0.493 e. The van der Waals surface area contributed by atoms with Crippen LogP contribution in [-0.4, -0.2) is 18.8 Å². The second-order valence-electron chi connectivity index (χ2n) is 5.27. The van der Waals surface area contributed by atoms with Crippen LogP contribution in [0, 0.1) is 0 Å². The third-order valence-electron chi connectivity index (χ3n) is 3.57. The van der Waals surface area contributed by atoms with Gasteiger partial charge in [0.15, 0.2) is 6.10 Å². The molecule has 1 heterocycles. The molecular formula is C19H20O3. The largest absolute Gasteiger partial charge is 0.493 e. The van der Waals surface area contributed by atoms with Crippen LogP contribution >= 0.6 is 0 Å². The van der Waals surface area contributed by atoms with E-state index in [2.05, 4.69) is 24.3 Å². The number of hydrogen-bond acceptors (Lipinski definition) is 3. The average molecular weight is 296 g/mol. The summed E-state index contributed by atoms with van der Waals surface area (Å²) in [6, 6.07) is 20.3. The molecule has 0 amide bonds. The lowest BCUT2D eigenvalue weighted by Crippen LogP contribution is -2.29. The van der Waals surface area contributed by atoms with Gasteiger partial charge in [-0.3, -0.25) is 0 Å². The van der Waals surface area contributed by atoms with E-state index in [9.17, 15) is 0 Å². The summed E-state index contributed by atoms with van der Waals surface area (Å²) in [6.07, 6.45) is 3.51. The van der Waals surface area contributed by atoms with E-state index in [4.69, 9.17) is 14.2 Å². The van der Waals surface area contributed by atoms with Gasteiger partial charge in [-0.15, -0.1) is 0 Å². The molecule has 0 spiro atoms. The van der Waals surface area contributed by atoms with Crippen LogP contribution in [0.2, 0.25) is 0 Å². The van der Waals surface area contributed by atoms with Crippen molar-refractivity contribution in [2.75, 3.05) is 6.61 Å². The van der Waals surface area contributed by atoms with Crippen LogP contribution < -0.4 is 0 Å². The molecule has 0 radical (unpaired) electrons. The molecule has 2 aromatic carbocycles.